The summed E-state index contributed by atoms with van der Waals surface area (Å²) in [4.78, 5) is 2.31. The largest absolute Gasteiger partial charge is 0.399 e. The Bertz CT molecular complexity index is 431. The van der Waals surface area contributed by atoms with Crippen molar-refractivity contribution in [2.24, 2.45) is 0 Å². The quantitative estimate of drug-likeness (QED) is 0.490. The molecule has 0 aliphatic carbocycles. The van der Waals surface area contributed by atoms with E-state index in [4.69, 9.17) is 5.73 Å². The van der Waals surface area contributed by atoms with Gasteiger partial charge in [0.2, 0.25) is 0 Å². The molecule has 3 heteroatoms. The molecule has 0 saturated heterocycles. The van der Waals surface area contributed by atoms with Crippen molar-refractivity contribution in [2.75, 3.05) is 5.73 Å². The molecule has 1 heterocycles. The second-order valence-corrected chi connectivity index (χ2v) is 4.47. The second-order valence-electron chi connectivity index (χ2n) is 2.76. The molecular formula is C9H9NS2. The van der Waals surface area contributed by atoms with E-state index in [2.05, 4.69) is 19.6 Å². The lowest BCUT2D eigenvalue weighted by molar-refractivity contribution is 1.47. The zero-order chi connectivity index (χ0) is 8.72. The lowest BCUT2D eigenvalue weighted by atomic mass is 10.2. The van der Waals surface area contributed by atoms with Crippen molar-refractivity contribution >= 4 is 39.7 Å². The second kappa shape index (κ2) is 2.68. The van der Waals surface area contributed by atoms with Gasteiger partial charge in [-0.05, 0) is 25.1 Å². The monoisotopic (exact) mass is 195 g/mol. The molecule has 0 bridgehead atoms. The van der Waals surface area contributed by atoms with Gasteiger partial charge in [-0.25, -0.2) is 0 Å². The Kier molecular flexibility index (Phi) is 1.77. The van der Waals surface area contributed by atoms with Gasteiger partial charge in [0, 0.05) is 25.5 Å². The Morgan fingerprint density at radius 2 is 2.17 bits per heavy atom. The van der Waals surface area contributed by atoms with Crippen molar-refractivity contribution in [1.82, 2.24) is 0 Å². The molecule has 0 aliphatic heterocycles. The third-order valence-electron chi connectivity index (χ3n) is 1.86. The molecule has 1 aromatic carbocycles. The number of hydrogen-bond acceptors (Lipinski definition) is 3. The van der Waals surface area contributed by atoms with E-state index in [0.29, 0.717) is 0 Å². The summed E-state index contributed by atoms with van der Waals surface area (Å²) in [6.07, 6.45) is 0. The lowest BCUT2D eigenvalue weighted by Crippen LogP contribution is -1.81. The van der Waals surface area contributed by atoms with Crippen molar-refractivity contribution in [3.05, 3.63) is 23.1 Å². The Morgan fingerprint density at radius 3 is 2.92 bits per heavy atom. The van der Waals surface area contributed by atoms with Crippen LogP contribution in [0.2, 0.25) is 0 Å². The van der Waals surface area contributed by atoms with Gasteiger partial charge in [0.15, 0.2) is 0 Å². The number of hydrogen-bond donors (Lipinski definition) is 2. The van der Waals surface area contributed by atoms with Gasteiger partial charge < -0.3 is 5.73 Å². The fraction of sp³-hybridized carbons (Fsp3) is 0.111. The first-order chi connectivity index (χ1) is 5.68. The number of rotatable bonds is 0. The minimum atomic E-state index is 0.801. The maximum absolute atomic E-state index is 5.67. The molecule has 0 aliphatic rings. The predicted octanol–water partition coefficient (Wildman–Crippen LogP) is 3.08. The van der Waals surface area contributed by atoms with E-state index < -0.39 is 0 Å². The van der Waals surface area contributed by atoms with E-state index >= 15 is 0 Å². The van der Waals surface area contributed by atoms with Crippen molar-refractivity contribution in [3.8, 4) is 0 Å². The number of thiophene rings is 1. The summed E-state index contributed by atoms with van der Waals surface area (Å²) in [6.45, 7) is 2.07. The molecule has 0 spiro atoms. The van der Waals surface area contributed by atoms with E-state index in [0.717, 1.165) is 10.6 Å². The average molecular weight is 195 g/mol. The molecule has 0 fully saturated rings. The summed E-state index contributed by atoms with van der Waals surface area (Å²) in [6, 6.07) is 5.94. The maximum atomic E-state index is 5.67. The first-order valence-corrected chi connectivity index (χ1v) is 4.92. The fourth-order valence-electron chi connectivity index (χ4n) is 1.22. The Labute approximate surface area is 80.6 Å². The number of fused-ring (bicyclic) bond motifs is 1. The number of aryl methyl sites for hydroxylation is 1. The standard InChI is InChI=1S/C9H9NS2/c1-5-9(11)7-4-6(10)2-3-8(7)12-5/h2-4,11H,10H2,1H3. The third-order valence-corrected chi connectivity index (χ3v) is 3.67. The summed E-state index contributed by atoms with van der Waals surface area (Å²) in [5.41, 5.74) is 6.47. The van der Waals surface area contributed by atoms with Gasteiger partial charge in [0.25, 0.3) is 0 Å². The zero-order valence-electron chi connectivity index (χ0n) is 6.66. The zero-order valence-corrected chi connectivity index (χ0v) is 8.38. The summed E-state index contributed by atoms with van der Waals surface area (Å²) in [7, 11) is 0. The van der Waals surface area contributed by atoms with E-state index in [1.807, 2.05) is 18.2 Å². The van der Waals surface area contributed by atoms with Crippen LogP contribution in [0.3, 0.4) is 0 Å². The van der Waals surface area contributed by atoms with Crippen molar-refractivity contribution in [1.29, 1.82) is 0 Å². The van der Waals surface area contributed by atoms with Crippen molar-refractivity contribution in [3.63, 3.8) is 0 Å². The number of anilines is 1. The SMILES string of the molecule is Cc1sc2ccc(N)cc2c1S. The van der Waals surface area contributed by atoms with Crippen LogP contribution in [0, 0.1) is 6.92 Å². The third kappa shape index (κ3) is 1.09. The highest BCUT2D eigenvalue weighted by Gasteiger charge is 2.04. The Morgan fingerprint density at radius 1 is 1.42 bits per heavy atom. The predicted molar refractivity (Wildman–Crippen MR) is 58.2 cm³/mol. The summed E-state index contributed by atoms with van der Waals surface area (Å²) in [5, 5.41) is 1.17. The van der Waals surface area contributed by atoms with Crippen LogP contribution in [0.25, 0.3) is 10.1 Å². The molecule has 2 aromatic rings. The van der Waals surface area contributed by atoms with E-state index in [-0.39, 0.29) is 0 Å². The van der Waals surface area contributed by atoms with Gasteiger partial charge >= 0.3 is 0 Å². The summed E-state index contributed by atoms with van der Waals surface area (Å²) in [5.74, 6) is 0. The van der Waals surface area contributed by atoms with Gasteiger partial charge in [-0.3, -0.25) is 0 Å². The number of nitrogen functional groups attached to an aromatic ring is 1. The minimum Gasteiger partial charge on any atom is -0.399 e. The van der Waals surface area contributed by atoms with Crippen LogP contribution in [0.15, 0.2) is 23.1 Å². The average Bonchev–Trinajstić information content (AvgIpc) is 2.31. The highest BCUT2D eigenvalue weighted by Crippen LogP contribution is 2.34. The van der Waals surface area contributed by atoms with Crippen LogP contribution in [0.4, 0.5) is 5.69 Å². The van der Waals surface area contributed by atoms with Gasteiger partial charge in [-0.15, -0.1) is 24.0 Å². The first kappa shape index (κ1) is 7.95. The van der Waals surface area contributed by atoms with Crippen LogP contribution in [-0.4, -0.2) is 0 Å². The lowest BCUT2D eigenvalue weighted by Gasteiger charge is -1.93. The molecule has 1 aromatic heterocycles. The van der Waals surface area contributed by atoms with Crippen LogP contribution in [0.1, 0.15) is 4.88 Å². The molecule has 2 rings (SSSR count). The van der Waals surface area contributed by atoms with Gasteiger partial charge in [-0.1, -0.05) is 0 Å². The van der Waals surface area contributed by atoms with Crippen LogP contribution in [0.5, 0.6) is 0 Å². The smallest absolute Gasteiger partial charge is 0.0358 e. The van der Waals surface area contributed by atoms with Crippen molar-refractivity contribution < 1.29 is 0 Å². The highest BCUT2D eigenvalue weighted by atomic mass is 32.1. The molecule has 0 radical (unpaired) electrons. The number of benzene rings is 1. The van der Waals surface area contributed by atoms with Crippen molar-refractivity contribution in [2.45, 2.75) is 11.8 Å². The van der Waals surface area contributed by atoms with Crippen LogP contribution >= 0.6 is 24.0 Å². The first-order valence-electron chi connectivity index (χ1n) is 3.66. The van der Waals surface area contributed by atoms with Crippen LogP contribution in [-0.2, 0) is 0 Å². The molecule has 62 valence electrons. The van der Waals surface area contributed by atoms with Gasteiger partial charge in [0.05, 0.1) is 0 Å². The molecule has 0 amide bonds. The number of thiol groups is 1. The van der Waals surface area contributed by atoms with Crippen LogP contribution < -0.4 is 5.73 Å². The molecule has 2 N–H and O–H groups in total. The normalized spacial score (nSPS) is 10.8. The fourth-order valence-corrected chi connectivity index (χ4v) is 2.57. The molecule has 0 saturated carbocycles. The molecule has 0 unspecified atom stereocenters. The molecule has 12 heavy (non-hydrogen) atoms. The minimum absolute atomic E-state index is 0.801. The number of nitrogens with two attached hydrogens (primary N) is 1. The maximum Gasteiger partial charge on any atom is 0.0358 e. The van der Waals surface area contributed by atoms with E-state index in [9.17, 15) is 0 Å². The van der Waals surface area contributed by atoms with E-state index in [1.54, 1.807) is 11.3 Å². The summed E-state index contributed by atoms with van der Waals surface area (Å²) >= 11 is 6.17. The topological polar surface area (TPSA) is 26.0 Å². The highest BCUT2D eigenvalue weighted by molar-refractivity contribution is 7.80. The Hall–Kier alpha value is -0.670. The Balaban J connectivity index is 2.88. The molecule has 0 atom stereocenters. The molecular weight excluding hydrogens is 186 g/mol. The van der Waals surface area contributed by atoms with Gasteiger partial charge in [-0.2, -0.15) is 0 Å². The summed E-state index contributed by atoms with van der Waals surface area (Å²) < 4.78 is 1.26. The molecule has 1 nitrogen and oxygen atoms in total. The van der Waals surface area contributed by atoms with E-state index in [1.165, 1.54) is 15.0 Å². The van der Waals surface area contributed by atoms with Gasteiger partial charge in [0.1, 0.15) is 0 Å².